The van der Waals surface area contributed by atoms with Gasteiger partial charge in [-0.05, 0) is 44.0 Å². The number of hydrogen-bond acceptors (Lipinski definition) is 6. The predicted octanol–water partition coefficient (Wildman–Crippen LogP) is 4.11. The van der Waals surface area contributed by atoms with E-state index in [9.17, 15) is 22.8 Å². The first kappa shape index (κ1) is 20.3. The van der Waals surface area contributed by atoms with Gasteiger partial charge in [0.05, 0.1) is 16.4 Å². The van der Waals surface area contributed by atoms with E-state index in [4.69, 9.17) is 4.74 Å². The third-order valence-corrected chi connectivity index (χ3v) is 5.55. The average Bonchev–Trinajstić information content (AvgIpc) is 3.12. The van der Waals surface area contributed by atoms with Crippen molar-refractivity contribution < 1.29 is 27.5 Å². The number of hydrogen-bond donors (Lipinski definition) is 0. The van der Waals surface area contributed by atoms with Crippen molar-refractivity contribution in [3.05, 3.63) is 45.8 Å². The van der Waals surface area contributed by atoms with Gasteiger partial charge in [-0.15, -0.1) is 11.3 Å². The molecule has 1 atom stereocenters. The van der Waals surface area contributed by atoms with Crippen LogP contribution in [0.2, 0.25) is 0 Å². The molecular weight excluding hydrogens is 393 g/mol. The van der Waals surface area contributed by atoms with Crippen LogP contribution in [-0.2, 0) is 15.7 Å². The smallest absolute Gasteiger partial charge is 0.419 e. The van der Waals surface area contributed by atoms with Crippen LogP contribution in [0.5, 0.6) is 0 Å². The topological polar surface area (TPSA) is 59.5 Å². The zero-order valence-corrected chi connectivity index (χ0v) is 16.0. The number of aromatic nitrogens is 1. The summed E-state index contributed by atoms with van der Waals surface area (Å²) >= 11 is 1.32. The van der Waals surface area contributed by atoms with Crippen LogP contribution in [0.3, 0.4) is 0 Å². The van der Waals surface area contributed by atoms with Gasteiger partial charge in [-0.2, -0.15) is 13.2 Å². The Balaban J connectivity index is 1.63. The van der Waals surface area contributed by atoms with Crippen molar-refractivity contribution in [1.82, 2.24) is 4.98 Å². The fourth-order valence-corrected chi connectivity index (χ4v) is 3.93. The minimum atomic E-state index is -4.53. The van der Waals surface area contributed by atoms with Crippen LogP contribution in [0.15, 0.2) is 30.5 Å². The molecule has 0 aliphatic carbocycles. The number of thiophene rings is 1. The highest BCUT2D eigenvalue weighted by atomic mass is 32.1. The Morgan fingerprint density at radius 1 is 1.32 bits per heavy atom. The van der Waals surface area contributed by atoms with Gasteiger partial charge in [0.1, 0.15) is 5.82 Å². The molecule has 1 aliphatic heterocycles. The van der Waals surface area contributed by atoms with E-state index in [1.165, 1.54) is 28.5 Å². The Morgan fingerprint density at radius 2 is 2.11 bits per heavy atom. The normalized spacial score (nSPS) is 17.4. The summed E-state index contributed by atoms with van der Waals surface area (Å²) in [6.07, 6.45) is -2.20. The Kier molecular flexibility index (Phi) is 6.02. The monoisotopic (exact) mass is 412 g/mol. The summed E-state index contributed by atoms with van der Waals surface area (Å²) in [6.45, 7) is 1.95. The second-order valence-electron chi connectivity index (χ2n) is 6.60. The number of rotatable bonds is 5. The third-order valence-electron chi connectivity index (χ3n) is 4.51. The molecule has 1 fully saturated rings. The van der Waals surface area contributed by atoms with Gasteiger partial charge in [-0.3, -0.25) is 9.59 Å². The number of piperidine rings is 1. The molecule has 28 heavy (non-hydrogen) atoms. The van der Waals surface area contributed by atoms with Crippen LogP contribution in [0.4, 0.5) is 19.0 Å². The van der Waals surface area contributed by atoms with Crippen molar-refractivity contribution in [2.75, 3.05) is 24.6 Å². The van der Waals surface area contributed by atoms with Gasteiger partial charge in [0.2, 0.25) is 5.78 Å². The number of anilines is 1. The number of esters is 1. The van der Waals surface area contributed by atoms with Crippen molar-refractivity contribution in [2.24, 2.45) is 5.92 Å². The zero-order valence-electron chi connectivity index (χ0n) is 15.2. The number of ether oxygens (including phenoxy) is 1. The Bertz CT molecular complexity index is 866. The van der Waals surface area contributed by atoms with E-state index in [-0.39, 0.29) is 24.8 Å². The van der Waals surface area contributed by atoms with Crippen LogP contribution >= 0.6 is 11.3 Å². The molecule has 150 valence electrons. The molecule has 0 spiro atoms. The minimum Gasteiger partial charge on any atom is -0.457 e. The summed E-state index contributed by atoms with van der Waals surface area (Å²) in [5.41, 5.74) is -0.827. The van der Waals surface area contributed by atoms with Gasteiger partial charge in [-0.1, -0.05) is 0 Å². The quantitative estimate of drug-likeness (QED) is 0.546. The van der Waals surface area contributed by atoms with Crippen LogP contribution < -0.4 is 4.90 Å². The number of nitrogens with zero attached hydrogens (tertiary/aromatic N) is 2. The molecule has 0 saturated carbocycles. The van der Waals surface area contributed by atoms with Crippen LogP contribution in [0, 0.1) is 12.8 Å². The van der Waals surface area contributed by atoms with E-state index in [0.717, 1.165) is 10.9 Å². The maximum atomic E-state index is 13.2. The second-order valence-corrected chi connectivity index (χ2v) is 7.89. The number of Topliss-reactive ketones (excluding diaryl/α,β-unsaturated/α-hetero) is 1. The molecule has 1 saturated heterocycles. The van der Waals surface area contributed by atoms with Gasteiger partial charge in [0.25, 0.3) is 0 Å². The summed E-state index contributed by atoms with van der Waals surface area (Å²) < 4.78 is 44.8. The van der Waals surface area contributed by atoms with E-state index in [0.29, 0.717) is 24.3 Å². The average molecular weight is 412 g/mol. The van der Waals surface area contributed by atoms with Crippen molar-refractivity contribution in [2.45, 2.75) is 25.9 Å². The molecule has 0 N–H and O–H groups in total. The number of carbonyl (C=O) groups is 2. The molecule has 9 heteroatoms. The molecule has 2 aromatic heterocycles. The van der Waals surface area contributed by atoms with E-state index in [1.54, 1.807) is 6.07 Å². The summed E-state index contributed by atoms with van der Waals surface area (Å²) in [4.78, 5) is 31.3. The number of carbonyl (C=O) groups excluding carboxylic acids is 2. The molecule has 3 heterocycles. The van der Waals surface area contributed by atoms with Gasteiger partial charge < -0.3 is 9.64 Å². The van der Waals surface area contributed by atoms with Gasteiger partial charge in [0, 0.05) is 24.2 Å². The first-order valence-electron chi connectivity index (χ1n) is 8.79. The lowest BCUT2D eigenvalue weighted by atomic mass is 9.97. The van der Waals surface area contributed by atoms with Gasteiger partial charge in [-0.25, -0.2) is 4.98 Å². The van der Waals surface area contributed by atoms with Crippen molar-refractivity contribution >= 4 is 28.9 Å². The molecule has 0 aromatic carbocycles. The molecule has 3 rings (SSSR count). The number of pyridine rings is 1. The predicted molar refractivity (Wildman–Crippen MR) is 98.5 cm³/mol. The highest BCUT2D eigenvalue weighted by Gasteiger charge is 2.37. The number of aryl methyl sites for hydroxylation is 1. The summed E-state index contributed by atoms with van der Waals surface area (Å²) in [5.74, 6) is -1.65. The zero-order chi connectivity index (χ0) is 20.3. The highest BCUT2D eigenvalue weighted by molar-refractivity contribution is 7.14. The molecule has 5 nitrogen and oxygen atoms in total. The maximum Gasteiger partial charge on any atom is 0.419 e. The SMILES string of the molecule is Cc1ccc(C(=O)COC(=O)C2CCCN(c3ncccc3C(F)(F)F)C2)s1. The molecular formula is C19H19F3N2O3S. The minimum absolute atomic E-state index is 0.0746. The molecule has 1 unspecified atom stereocenters. The molecule has 2 aromatic rings. The molecule has 1 aliphatic rings. The number of alkyl halides is 3. The van der Waals surface area contributed by atoms with Crippen molar-refractivity contribution in [3.8, 4) is 0 Å². The van der Waals surface area contributed by atoms with Crippen molar-refractivity contribution in [3.63, 3.8) is 0 Å². The lowest BCUT2D eigenvalue weighted by molar-refractivity contribution is -0.147. The largest absolute Gasteiger partial charge is 0.457 e. The Hall–Kier alpha value is -2.42. The summed E-state index contributed by atoms with van der Waals surface area (Å²) in [6, 6.07) is 5.70. The first-order valence-corrected chi connectivity index (χ1v) is 9.61. The Labute approximate surface area is 164 Å². The lowest BCUT2D eigenvalue weighted by Crippen LogP contribution is -2.41. The fourth-order valence-electron chi connectivity index (χ4n) is 3.14. The fraction of sp³-hybridized carbons (Fsp3) is 0.421. The number of ketones is 1. The standard InChI is InChI=1S/C19H19F3N2O3S/c1-12-6-7-16(28-12)15(25)11-27-18(26)13-4-3-9-24(10-13)17-14(19(20,21)22)5-2-8-23-17/h2,5-8,13H,3-4,9-11H2,1H3. The Morgan fingerprint density at radius 3 is 2.79 bits per heavy atom. The van der Waals surface area contributed by atoms with Crippen molar-refractivity contribution in [1.29, 1.82) is 0 Å². The van der Waals surface area contributed by atoms with E-state index >= 15 is 0 Å². The summed E-state index contributed by atoms with van der Waals surface area (Å²) in [5, 5.41) is 0. The van der Waals surface area contributed by atoms with E-state index < -0.39 is 23.6 Å². The van der Waals surface area contributed by atoms with Gasteiger partial charge >= 0.3 is 12.1 Å². The number of halogens is 3. The molecule has 0 radical (unpaired) electrons. The van der Waals surface area contributed by atoms with Crippen LogP contribution in [0.1, 0.15) is 33.0 Å². The lowest BCUT2D eigenvalue weighted by Gasteiger charge is -2.33. The molecule has 0 bridgehead atoms. The second kappa shape index (κ2) is 8.30. The van der Waals surface area contributed by atoms with E-state index in [2.05, 4.69) is 4.98 Å². The molecule has 0 amide bonds. The third kappa shape index (κ3) is 4.70. The van der Waals surface area contributed by atoms with Crippen LogP contribution in [0.25, 0.3) is 0 Å². The van der Waals surface area contributed by atoms with E-state index in [1.807, 2.05) is 13.0 Å². The first-order chi connectivity index (χ1) is 13.3. The summed E-state index contributed by atoms with van der Waals surface area (Å²) in [7, 11) is 0. The maximum absolute atomic E-state index is 13.2. The highest BCUT2D eigenvalue weighted by Crippen LogP contribution is 2.36. The van der Waals surface area contributed by atoms with Crippen LogP contribution in [-0.4, -0.2) is 36.4 Å². The van der Waals surface area contributed by atoms with Gasteiger partial charge in [0.15, 0.2) is 6.61 Å².